The van der Waals surface area contributed by atoms with Crippen LogP contribution in [0.25, 0.3) is 10.9 Å². The Hall–Kier alpha value is -3.28. The van der Waals surface area contributed by atoms with Crippen LogP contribution in [-0.4, -0.2) is 44.8 Å². The van der Waals surface area contributed by atoms with Crippen LogP contribution in [0.4, 0.5) is 10.5 Å². The summed E-state index contributed by atoms with van der Waals surface area (Å²) in [5, 5.41) is 3.68. The molecular weight excluding hydrogens is 460 g/mol. The molecule has 12 heteroatoms. The highest BCUT2D eigenvalue weighted by Crippen LogP contribution is 2.30. The number of hydrogen-bond acceptors (Lipinski definition) is 6. The Morgan fingerprint density at radius 2 is 1.94 bits per heavy atom. The van der Waals surface area contributed by atoms with E-state index in [2.05, 4.69) is 19.8 Å². The highest BCUT2D eigenvalue weighted by atomic mass is 35.5. The standard InChI is InChI=1S/C20H21ClN4O6S/c1-12(31-20(22)27)30-10-9-23-19(26)14-5-2-3-8-17(14)32(28,29)25-16-7-4-6-13-15(21)11-24-18(13)16/h2-8,11-12,24-25H,9-10H2,1H3,(H2,22,27)(H,23,26). The van der Waals surface area contributed by atoms with Crippen molar-refractivity contribution in [1.29, 1.82) is 0 Å². The van der Waals surface area contributed by atoms with Gasteiger partial charge < -0.3 is 25.5 Å². The second kappa shape index (κ2) is 9.90. The molecule has 0 saturated heterocycles. The fourth-order valence-electron chi connectivity index (χ4n) is 2.98. The van der Waals surface area contributed by atoms with Crippen molar-refractivity contribution in [3.63, 3.8) is 0 Å². The highest BCUT2D eigenvalue weighted by molar-refractivity contribution is 7.92. The molecule has 0 bridgehead atoms. The summed E-state index contributed by atoms with van der Waals surface area (Å²) in [6.07, 6.45) is -0.307. The smallest absolute Gasteiger partial charge is 0.406 e. The minimum Gasteiger partial charge on any atom is -0.420 e. The Labute approximate surface area is 189 Å². The van der Waals surface area contributed by atoms with Gasteiger partial charge in [-0.1, -0.05) is 35.9 Å². The number of aromatic amines is 1. The first kappa shape index (κ1) is 23.4. The van der Waals surface area contributed by atoms with Gasteiger partial charge in [0.1, 0.15) is 4.90 Å². The van der Waals surface area contributed by atoms with E-state index in [-0.39, 0.29) is 23.6 Å². The lowest BCUT2D eigenvalue weighted by Gasteiger charge is -2.14. The van der Waals surface area contributed by atoms with Crippen LogP contribution >= 0.6 is 11.6 Å². The number of fused-ring (bicyclic) bond motifs is 1. The van der Waals surface area contributed by atoms with Crippen LogP contribution in [0, 0.1) is 0 Å². The summed E-state index contributed by atoms with van der Waals surface area (Å²) < 4.78 is 38.4. The number of halogens is 1. The molecule has 0 aliphatic heterocycles. The van der Waals surface area contributed by atoms with Gasteiger partial charge in [-0.15, -0.1) is 0 Å². The number of carbonyl (C=O) groups is 2. The lowest BCUT2D eigenvalue weighted by molar-refractivity contribution is -0.0869. The first-order chi connectivity index (χ1) is 15.2. The van der Waals surface area contributed by atoms with E-state index < -0.39 is 28.3 Å². The minimum absolute atomic E-state index is 0.0168. The third-order valence-electron chi connectivity index (χ3n) is 4.35. The van der Waals surface area contributed by atoms with Crippen LogP contribution in [0.15, 0.2) is 53.6 Å². The molecule has 1 unspecified atom stereocenters. The summed E-state index contributed by atoms with van der Waals surface area (Å²) in [5.74, 6) is -0.612. The molecule has 5 N–H and O–H groups in total. The van der Waals surface area contributed by atoms with E-state index in [1.54, 1.807) is 30.5 Å². The molecule has 0 aliphatic carbocycles. The molecule has 1 heterocycles. The monoisotopic (exact) mass is 480 g/mol. The Bertz CT molecular complexity index is 1240. The van der Waals surface area contributed by atoms with E-state index in [1.807, 2.05) is 0 Å². The molecule has 0 spiro atoms. The fourth-order valence-corrected chi connectivity index (χ4v) is 4.47. The predicted molar refractivity (Wildman–Crippen MR) is 119 cm³/mol. The first-order valence-electron chi connectivity index (χ1n) is 9.42. The number of ether oxygens (including phenoxy) is 2. The predicted octanol–water partition coefficient (Wildman–Crippen LogP) is 2.81. The van der Waals surface area contributed by atoms with Crippen molar-refractivity contribution in [1.82, 2.24) is 10.3 Å². The third kappa shape index (κ3) is 5.49. The number of amides is 2. The Kier molecular flexibility index (Phi) is 7.23. The van der Waals surface area contributed by atoms with E-state index >= 15 is 0 Å². The fraction of sp³-hybridized carbons (Fsp3) is 0.200. The number of nitrogens with one attached hydrogen (secondary N) is 3. The SMILES string of the molecule is CC(OCCNC(=O)c1ccccc1S(=O)(=O)Nc1cccc2c(Cl)c[nH]c12)OC(N)=O. The average Bonchev–Trinajstić information content (AvgIpc) is 3.12. The third-order valence-corrected chi connectivity index (χ3v) is 6.09. The van der Waals surface area contributed by atoms with E-state index in [9.17, 15) is 18.0 Å². The van der Waals surface area contributed by atoms with Crippen molar-refractivity contribution in [2.75, 3.05) is 17.9 Å². The van der Waals surface area contributed by atoms with Crippen LogP contribution in [0.3, 0.4) is 0 Å². The topological polar surface area (TPSA) is 153 Å². The lowest BCUT2D eigenvalue weighted by Crippen LogP contribution is -2.31. The van der Waals surface area contributed by atoms with Crippen LogP contribution in [0.1, 0.15) is 17.3 Å². The van der Waals surface area contributed by atoms with Crippen molar-refractivity contribution in [3.8, 4) is 0 Å². The van der Waals surface area contributed by atoms with Crippen LogP contribution in [0.5, 0.6) is 0 Å². The molecule has 3 rings (SSSR count). The molecule has 0 saturated carbocycles. The summed E-state index contributed by atoms with van der Waals surface area (Å²) in [6.45, 7) is 1.54. The second-order valence-corrected chi connectivity index (χ2v) is 8.66. The number of hydrogen-bond donors (Lipinski definition) is 4. The molecular formula is C20H21ClN4O6S. The number of anilines is 1. The molecule has 3 aromatic rings. The number of benzene rings is 2. The number of carbonyl (C=O) groups excluding carboxylic acids is 2. The average molecular weight is 481 g/mol. The zero-order valence-corrected chi connectivity index (χ0v) is 18.5. The minimum atomic E-state index is -4.11. The van der Waals surface area contributed by atoms with Crippen LogP contribution in [0.2, 0.25) is 5.02 Å². The number of primary amides is 1. The summed E-state index contributed by atoms with van der Waals surface area (Å²) in [7, 11) is -4.11. The van der Waals surface area contributed by atoms with E-state index in [4.69, 9.17) is 22.1 Å². The second-order valence-electron chi connectivity index (χ2n) is 6.60. The highest BCUT2D eigenvalue weighted by Gasteiger charge is 2.23. The zero-order valence-electron chi connectivity index (χ0n) is 16.9. The number of para-hydroxylation sites is 1. The van der Waals surface area contributed by atoms with Crippen LogP contribution in [-0.2, 0) is 19.5 Å². The molecule has 0 fully saturated rings. The van der Waals surface area contributed by atoms with Gasteiger partial charge >= 0.3 is 6.09 Å². The maximum absolute atomic E-state index is 13.1. The molecule has 1 atom stereocenters. The van der Waals surface area contributed by atoms with Gasteiger partial charge in [-0.3, -0.25) is 9.52 Å². The normalized spacial score (nSPS) is 12.3. The van der Waals surface area contributed by atoms with Gasteiger partial charge in [0.05, 0.1) is 28.4 Å². The van der Waals surface area contributed by atoms with E-state index in [1.165, 1.54) is 25.1 Å². The number of sulfonamides is 1. The Balaban J connectivity index is 1.73. The van der Waals surface area contributed by atoms with Gasteiger partial charge in [0.25, 0.3) is 15.9 Å². The van der Waals surface area contributed by atoms with E-state index in [0.717, 1.165) is 0 Å². The van der Waals surface area contributed by atoms with Gasteiger partial charge in [0, 0.05) is 18.1 Å². The van der Waals surface area contributed by atoms with Gasteiger partial charge in [-0.2, -0.15) is 0 Å². The lowest BCUT2D eigenvalue weighted by atomic mass is 10.2. The summed E-state index contributed by atoms with van der Waals surface area (Å²) in [5.41, 5.74) is 5.65. The van der Waals surface area contributed by atoms with E-state index in [0.29, 0.717) is 21.6 Å². The Morgan fingerprint density at radius 3 is 2.69 bits per heavy atom. The van der Waals surface area contributed by atoms with Crippen molar-refractivity contribution >= 4 is 50.2 Å². The molecule has 2 aromatic carbocycles. The molecule has 1 aromatic heterocycles. The number of rotatable bonds is 9. The van der Waals surface area contributed by atoms with Gasteiger partial charge in [-0.05, 0) is 25.1 Å². The molecule has 10 nitrogen and oxygen atoms in total. The molecule has 170 valence electrons. The molecule has 32 heavy (non-hydrogen) atoms. The summed E-state index contributed by atoms with van der Waals surface area (Å²) >= 11 is 6.10. The van der Waals surface area contributed by atoms with Crippen molar-refractivity contribution < 1.29 is 27.5 Å². The maximum Gasteiger partial charge on any atom is 0.406 e. The number of nitrogens with two attached hydrogens (primary N) is 1. The molecule has 2 amide bonds. The van der Waals surface area contributed by atoms with Crippen molar-refractivity contribution in [2.24, 2.45) is 5.73 Å². The number of H-pyrrole nitrogens is 1. The van der Waals surface area contributed by atoms with Gasteiger partial charge in [-0.25, -0.2) is 13.2 Å². The number of aromatic nitrogens is 1. The largest absolute Gasteiger partial charge is 0.420 e. The zero-order chi connectivity index (χ0) is 23.3. The molecule has 0 radical (unpaired) electrons. The van der Waals surface area contributed by atoms with Gasteiger partial charge in [0.15, 0.2) is 0 Å². The van der Waals surface area contributed by atoms with Crippen LogP contribution < -0.4 is 15.8 Å². The first-order valence-corrected chi connectivity index (χ1v) is 11.3. The van der Waals surface area contributed by atoms with Gasteiger partial charge in [0.2, 0.25) is 6.29 Å². The maximum atomic E-state index is 13.1. The van der Waals surface area contributed by atoms with Crippen molar-refractivity contribution in [3.05, 3.63) is 59.2 Å². The quantitative estimate of drug-likeness (QED) is 0.273. The summed E-state index contributed by atoms with van der Waals surface area (Å²) in [4.78, 5) is 26.0. The summed E-state index contributed by atoms with van der Waals surface area (Å²) in [6, 6.07) is 10.8. The molecule has 0 aliphatic rings. The van der Waals surface area contributed by atoms with Crippen molar-refractivity contribution in [2.45, 2.75) is 18.1 Å². The Morgan fingerprint density at radius 1 is 1.19 bits per heavy atom.